The summed E-state index contributed by atoms with van der Waals surface area (Å²) in [5.41, 5.74) is 2.14. The Bertz CT molecular complexity index is 458. The van der Waals surface area contributed by atoms with Gasteiger partial charge in [-0.1, -0.05) is 19.4 Å². The van der Waals surface area contributed by atoms with E-state index >= 15 is 0 Å². The summed E-state index contributed by atoms with van der Waals surface area (Å²) in [5, 5.41) is 0. The Morgan fingerprint density at radius 2 is 2.20 bits per heavy atom. The minimum absolute atomic E-state index is 0.225. The molecule has 0 spiro atoms. The summed E-state index contributed by atoms with van der Waals surface area (Å²) < 4.78 is 0. The van der Waals surface area contributed by atoms with Gasteiger partial charge in [0.15, 0.2) is 0 Å². The molecule has 3 nitrogen and oxygen atoms in total. The van der Waals surface area contributed by atoms with E-state index in [-0.39, 0.29) is 5.92 Å². The van der Waals surface area contributed by atoms with Crippen LogP contribution < -0.4 is 0 Å². The van der Waals surface area contributed by atoms with E-state index in [0.29, 0.717) is 5.78 Å². The molecule has 2 rings (SSSR count). The number of nitrogens with zero attached hydrogens (tertiary/aromatic N) is 2. The molecule has 0 amide bonds. The zero-order valence-corrected chi connectivity index (χ0v) is 12.9. The molecule has 1 aliphatic rings. The number of hydrogen-bond acceptors (Lipinski definition) is 3. The van der Waals surface area contributed by atoms with E-state index in [0.717, 1.165) is 49.7 Å². The van der Waals surface area contributed by atoms with Crippen LogP contribution in [0.2, 0.25) is 0 Å². The summed E-state index contributed by atoms with van der Waals surface area (Å²) in [7, 11) is 2.09. The van der Waals surface area contributed by atoms with Crippen molar-refractivity contribution in [3.63, 3.8) is 0 Å². The van der Waals surface area contributed by atoms with E-state index in [1.54, 1.807) is 0 Å². The fourth-order valence-corrected chi connectivity index (χ4v) is 3.15. The molecule has 0 saturated heterocycles. The Balaban J connectivity index is 1.90. The zero-order chi connectivity index (χ0) is 14.5. The van der Waals surface area contributed by atoms with Crippen LogP contribution in [-0.2, 0) is 11.3 Å². The predicted octanol–water partition coefficient (Wildman–Crippen LogP) is 3.22. The number of hydrogen-bond donors (Lipinski definition) is 0. The van der Waals surface area contributed by atoms with Gasteiger partial charge in [0.1, 0.15) is 5.78 Å². The molecular weight excluding hydrogens is 248 g/mol. The molecule has 1 heterocycles. The van der Waals surface area contributed by atoms with Crippen LogP contribution in [0.4, 0.5) is 0 Å². The lowest BCUT2D eigenvalue weighted by Gasteiger charge is -2.30. The summed E-state index contributed by atoms with van der Waals surface area (Å²) in [4.78, 5) is 18.8. The molecular formula is C17H26N2O. The van der Waals surface area contributed by atoms with Gasteiger partial charge in [0.25, 0.3) is 0 Å². The van der Waals surface area contributed by atoms with E-state index in [4.69, 9.17) is 0 Å². The van der Waals surface area contributed by atoms with Crippen molar-refractivity contribution in [1.82, 2.24) is 9.88 Å². The van der Waals surface area contributed by atoms with Crippen molar-refractivity contribution in [3.05, 3.63) is 29.6 Å². The van der Waals surface area contributed by atoms with Crippen LogP contribution >= 0.6 is 0 Å². The third-order valence-electron chi connectivity index (χ3n) is 4.36. The van der Waals surface area contributed by atoms with Crippen LogP contribution in [0.15, 0.2) is 18.2 Å². The maximum Gasteiger partial charge on any atom is 0.137 e. The molecule has 0 aliphatic heterocycles. The third kappa shape index (κ3) is 4.14. The molecule has 1 aliphatic carbocycles. The lowest BCUT2D eigenvalue weighted by Crippen LogP contribution is -2.34. The smallest absolute Gasteiger partial charge is 0.137 e. The number of pyridine rings is 1. The highest BCUT2D eigenvalue weighted by molar-refractivity contribution is 5.81. The van der Waals surface area contributed by atoms with Crippen molar-refractivity contribution in [1.29, 1.82) is 0 Å². The van der Waals surface area contributed by atoms with E-state index in [9.17, 15) is 4.79 Å². The second kappa shape index (κ2) is 6.98. The number of rotatable bonds is 5. The highest BCUT2D eigenvalue weighted by atomic mass is 16.1. The highest BCUT2D eigenvalue weighted by Gasteiger charge is 2.28. The van der Waals surface area contributed by atoms with Crippen LogP contribution in [-0.4, -0.2) is 29.3 Å². The average Bonchev–Trinajstić information content (AvgIpc) is 2.41. The fraction of sp³-hybridized carbons (Fsp3) is 0.647. The first kappa shape index (κ1) is 15.2. The van der Waals surface area contributed by atoms with Crippen molar-refractivity contribution in [2.45, 2.75) is 46.1 Å². The van der Waals surface area contributed by atoms with E-state index in [1.807, 2.05) is 19.1 Å². The molecule has 1 saturated carbocycles. The lowest BCUT2D eigenvalue weighted by molar-refractivity contribution is -0.126. The Labute approximate surface area is 122 Å². The number of carbonyl (C=O) groups excluding carboxylic acids is 1. The normalized spacial score (nSPS) is 23.3. The zero-order valence-electron chi connectivity index (χ0n) is 12.9. The molecule has 20 heavy (non-hydrogen) atoms. The van der Waals surface area contributed by atoms with Crippen LogP contribution in [0.1, 0.15) is 44.0 Å². The Hall–Kier alpha value is -1.22. The molecule has 1 fully saturated rings. The second-order valence-electron chi connectivity index (χ2n) is 6.18. The van der Waals surface area contributed by atoms with Gasteiger partial charge in [-0.2, -0.15) is 0 Å². The third-order valence-corrected chi connectivity index (χ3v) is 4.36. The fourth-order valence-electron chi connectivity index (χ4n) is 3.15. The molecule has 2 atom stereocenters. The van der Waals surface area contributed by atoms with Gasteiger partial charge >= 0.3 is 0 Å². The summed E-state index contributed by atoms with van der Waals surface area (Å²) in [6, 6.07) is 6.12. The predicted molar refractivity (Wildman–Crippen MR) is 81.4 cm³/mol. The lowest BCUT2D eigenvalue weighted by atomic mass is 9.79. The number of ketones is 1. The molecule has 0 radical (unpaired) electrons. The summed E-state index contributed by atoms with van der Waals surface area (Å²) in [6.07, 6.45) is 4.14. The summed E-state index contributed by atoms with van der Waals surface area (Å²) in [6.45, 7) is 5.94. The minimum atomic E-state index is 0.225. The molecule has 1 aromatic rings. The van der Waals surface area contributed by atoms with Gasteiger partial charge in [0.2, 0.25) is 0 Å². The van der Waals surface area contributed by atoms with Gasteiger partial charge in [0.05, 0.1) is 5.69 Å². The SMILES string of the molecule is CCC1CCC(=O)C(CN(C)Cc2cccc(C)n2)C1. The Morgan fingerprint density at radius 3 is 2.90 bits per heavy atom. The van der Waals surface area contributed by atoms with Crippen molar-refractivity contribution in [3.8, 4) is 0 Å². The molecule has 110 valence electrons. The molecule has 1 aromatic heterocycles. The largest absolute Gasteiger partial charge is 0.300 e. The minimum Gasteiger partial charge on any atom is -0.300 e. The number of carbonyl (C=O) groups is 1. The average molecular weight is 274 g/mol. The first-order chi connectivity index (χ1) is 9.58. The second-order valence-corrected chi connectivity index (χ2v) is 6.18. The van der Waals surface area contributed by atoms with Crippen molar-refractivity contribution >= 4 is 5.78 Å². The maximum absolute atomic E-state index is 12.1. The molecule has 3 heteroatoms. The maximum atomic E-state index is 12.1. The standard InChI is InChI=1S/C17H26N2O/c1-4-14-8-9-17(20)15(10-14)11-19(3)12-16-7-5-6-13(2)18-16/h5-7,14-15H,4,8-12H2,1-3H3. The van der Waals surface area contributed by atoms with E-state index in [2.05, 4.69) is 29.9 Å². The van der Waals surface area contributed by atoms with E-state index in [1.165, 1.54) is 6.42 Å². The number of Topliss-reactive ketones (excluding diaryl/α,β-unsaturated/α-hetero) is 1. The summed E-state index contributed by atoms with van der Waals surface area (Å²) in [5.74, 6) is 1.42. The molecule has 0 N–H and O–H groups in total. The van der Waals surface area contributed by atoms with Gasteiger partial charge in [-0.3, -0.25) is 14.7 Å². The Kier molecular flexibility index (Phi) is 5.30. The highest BCUT2D eigenvalue weighted by Crippen LogP contribution is 2.29. The Morgan fingerprint density at radius 1 is 1.40 bits per heavy atom. The van der Waals surface area contributed by atoms with Crippen molar-refractivity contribution < 1.29 is 4.79 Å². The first-order valence-corrected chi connectivity index (χ1v) is 7.72. The van der Waals surface area contributed by atoms with Crippen LogP contribution in [0.5, 0.6) is 0 Å². The van der Waals surface area contributed by atoms with E-state index < -0.39 is 0 Å². The van der Waals surface area contributed by atoms with Gasteiger partial charge in [-0.05, 0) is 44.9 Å². The molecule has 2 unspecified atom stereocenters. The van der Waals surface area contributed by atoms with Crippen molar-refractivity contribution in [2.24, 2.45) is 11.8 Å². The van der Waals surface area contributed by atoms with Crippen LogP contribution in [0.25, 0.3) is 0 Å². The van der Waals surface area contributed by atoms with Gasteiger partial charge in [-0.25, -0.2) is 0 Å². The van der Waals surface area contributed by atoms with Gasteiger partial charge in [-0.15, -0.1) is 0 Å². The molecule has 0 aromatic carbocycles. The monoisotopic (exact) mass is 274 g/mol. The number of aryl methyl sites for hydroxylation is 1. The first-order valence-electron chi connectivity index (χ1n) is 7.72. The van der Waals surface area contributed by atoms with Crippen molar-refractivity contribution in [2.75, 3.05) is 13.6 Å². The summed E-state index contributed by atoms with van der Waals surface area (Å²) >= 11 is 0. The van der Waals surface area contributed by atoms with Crippen LogP contribution in [0.3, 0.4) is 0 Å². The topological polar surface area (TPSA) is 33.2 Å². The molecule has 0 bridgehead atoms. The van der Waals surface area contributed by atoms with Crippen LogP contribution in [0, 0.1) is 18.8 Å². The van der Waals surface area contributed by atoms with Gasteiger partial charge < -0.3 is 0 Å². The quantitative estimate of drug-likeness (QED) is 0.826. The number of aromatic nitrogens is 1. The van der Waals surface area contributed by atoms with Gasteiger partial charge in [0, 0.05) is 31.1 Å².